The van der Waals surface area contributed by atoms with Crippen LogP contribution in [0.25, 0.3) is 0 Å². The van der Waals surface area contributed by atoms with E-state index in [0.717, 1.165) is 9.37 Å². The number of aromatic nitrogens is 1. The Labute approximate surface area is 98.9 Å². The van der Waals surface area contributed by atoms with Crippen LogP contribution in [0, 0.1) is 0 Å². The third-order valence-corrected chi connectivity index (χ3v) is 3.64. The normalized spacial score (nSPS) is 12.3. The highest BCUT2D eigenvalue weighted by Gasteiger charge is 2.06. The van der Waals surface area contributed by atoms with Crippen molar-refractivity contribution >= 4 is 26.7 Å². The SMILES string of the molecule is O=S(c1ccccc1)c1cncc(Br)c1. The molecule has 2 aromatic rings. The molecule has 0 radical (unpaired) electrons. The van der Waals surface area contributed by atoms with Gasteiger partial charge in [-0.2, -0.15) is 0 Å². The summed E-state index contributed by atoms with van der Waals surface area (Å²) in [5, 5.41) is 0. The molecule has 0 N–H and O–H groups in total. The Balaban J connectivity index is 2.37. The van der Waals surface area contributed by atoms with Crippen molar-refractivity contribution in [3.63, 3.8) is 0 Å². The molecule has 76 valence electrons. The molecule has 0 spiro atoms. The van der Waals surface area contributed by atoms with E-state index in [1.165, 1.54) is 0 Å². The van der Waals surface area contributed by atoms with Crippen molar-refractivity contribution in [2.24, 2.45) is 0 Å². The summed E-state index contributed by atoms with van der Waals surface area (Å²) in [7, 11) is -1.15. The van der Waals surface area contributed by atoms with Crippen molar-refractivity contribution in [2.45, 2.75) is 9.79 Å². The van der Waals surface area contributed by atoms with Gasteiger partial charge >= 0.3 is 0 Å². The highest BCUT2D eigenvalue weighted by Crippen LogP contribution is 2.18. The maximum absolute atomic E-state index is 12.0. The van der Waals surface area contributed by atoms with E-state index < -0.39 is 10.8 Å². The molecule has 0 aliphatic carbocycles. The number of hydrogen-bond acceptors (Lipinski definition) is 2. The van der Waals surface area contributed by atoms with Gasteiger partial charge in [-0.1, -0.05) is 18.2 Å². The monoisotopic (exact) mass is 281 g/mol. The van der Waals surface area contributed by atoms with Crippen LogP contribution < -0.4 is 0 Å². The second kappa shape index (κ2) is 4.68. The molecule has 0 fully saturated rings. The third-order valence-electron chi connectivity index (χ3n) is 1.85. The van der Waals surface area contributed by atoms with Gasteiger partial charge in [0.15, 0.2) is 0 Å². The number of nitrogens with zero attached hydrogens (tertiary/aromatic N) is 1. The van der Waals surface area contributed by atoms with E-state index in [-0.39, 0.29) is 0 Å². The molecule has 0 bridgehead atoms. The molecule has 15 heavy (non-hydrogen) atoms. The summed E-state index contributed by atoms with van der Waals surface area (Å²) in [5.74, 6) is 0. The predicted octanol–water partition coefficient (Wildman–Crippen LogP) is 3.01. The summed E-state index contributed by atoms with van der Waals surface area (Å²) in [4.78, 5) is 5.48. The lowest BCUT2D eigenvalue weighted by Crippen LogP contribution is -1.93. The number of pyridine rings is 1. The second-order valence-electron chi connectivity index (χ2n) is 2.92. The summed E-state index contributed by atoms with van der Waals surface area (Å²) in [6.07, 6.45) is 3.29. The molecule has 1 heterocycles. The van der Waals surface area contributed by atoms with Crippen LogP contribution in [0.1, 0.15) is 0 Å². The van der Waals surface area contributed by atoms with Gasteiger partial charge in [0, 0.05) is 21.8 Å². The zero-order valence-electron chi connectivity index (χ0n) is 7.76. The second-order valence-corrected chi connectivity index (χ2v) is 5.32. The summed E-state index contributed by atoms with van der Waals surface area (Å²) in [6, 6.07) is 11.2. The smallest absolute Gasteiger partial charge is 0.0865 e. The van der Waals surface area contributed by atoms with Gasteiger partial charge in [0.1, 0.15) is 0 Å². The van der Waals surface area contributed by atoms with Gasteiger partial charge in [-0.05, 0) is 34.1 Å². The Kier molecular flexibility index (Phi) is 3.28. The molecule has 1 aromatic carbocycles. The lowest BCUT2D eigenvalue weighted by molar-refractivity contribution is 0.682. The number of rotatable bonds is 2. The van der Waals surface area contributed by atoms with E-state index in [1.54, 1.807) is 12.4 Å². The van der Waals surface area contributed by atoms with Gasteiger partial charge in [0.25, 0.3) is 0 Å². The highest BCUT2D eigenvalue weighted by molar-refractivity contribution is 9.10. The Morgan fingerprint density at radius 2 is 1.80 bits per heavy atom. The predicted molar refractivity (Wildman–Crippen MR) is 63.1 cm³/mol. The van der Waals surface area contributed by atoms with Crippen LogP contribution in [0.4, 0.5) is 0 Å². The fourth-order valence-electron chi connectivity index (χ4n) is 1.17. The van der Waals surface area contributed by atoms with Crippen molar-refractivity contribution in [1.29, 1.82) is 0 Å². The lowest BCUT2D eigenvalue weighted by Gasteiger charge is -2.01. The molecule has 2 rings (SSSR count). The first-order valence-electron chi connectivity index (χ1n) is 4.35. The highest BCUT2D eigenvalue weighted by atomic mass is 79.9. The standard InChI is InChI=1S/C11H8BrNOS/c12-9-6-11(8-13-7-9)15(14)10-4-2-1-3-5-10/h1-8H. The first kappa shape index (κ1) is 10.5. The van der Waals surface area contributed by atoms with Gasteiger partial charge in [-0.3, -0.25) is 4.98 Å². The van der Waals surface area contributed by atoms with Crippen LogP contribution in [0.15, 0.2) is 63.1 Å². The van der Waals surface area contributed by atoms with Crippen LogP contribution in [0.3, 0.4) is 0 Å². The van der Waals surface area contributed by atoms with Crippen LogP contribution in [0.5, 0.6) is 0 Å². The Hall–Kier alpha value is -1.00. The van der Waals surface area contributed by atoms with Gasteiger partial charge in [-0.15, -0.1) is 0 Å². The molecule has 1 atom stereocenters. The molecule has 0 saturated carbocycles. The van der Waals surface area contributed by atoms with Gasteiger partial charge < -0.3 is 0 Å². The molecule has 0 aliphatic heterocycles. The van der Waals surface area contributed by atoms with Crippen molar-refractivity contribution < 1.29 is 4.21 Å². The van der Waals surface area contributed by atoms with E-state index in [2.05, 4.69) is 20.9 Å². The van der Waals surface area contributed by atoms with E-state index >= 15 is 0 Å². The minimum Gasteiger partial charge on any atom is -0.262 e. The minimum atomic E-state index is -1.15. The number of benzene rings is 1. The van der Waals surface area contributed by atoms with E-state index in [1.807, 2.05) is 36.4 Å². The van der Waals surface area contributed by atoms with Crippen molar-refractivity contribution in [2.75, 3.05) is 0 Å². The minimum absolute atomic E-state index is 0.704. The van der Waals surface area contributed by atoms with Crippen molar-refractivity contribution in [3.8, 4) is 0 Å². The molecule has 0 aliphatic rings. The zero-order valence-corrected chi connectivity index (χ0v) is 10.2. The molecule has 2 nitrogen and oxygen atoms in total. The zero-order chi connectivity index (χ0) is 10.7. The van der Waals surface area contributed by atoms with E-state index in [0.29, 0.717) is 4.90 Å². The molecule has 0 amide bonds. The Morgan fingerprint density at radius 1 is 1.07 bits per heavy atom. The first-order valence-corrected chi connectivity index (χ1v) is 6.29. The van der Waals surface area contributed by atoms with E-state index in [9.17, 15) is 4.21 Å². The van der Waals surface area contributed by atoms with Crippen LogP contribution >= 0.6 is 15.9 Å². The molecular formula is C11H8BrNOS. The average Bonchev–Trinajstić information content (AvgIpc) is 2.29. The van der Waals surface area contributed by atoms with Crippen molar-refractivity contribution in [3.05, 3.63) is 53.3 Å². The Bertz CT molecular complexity index is 487. The van der Waals surface area contributed by atoms with Crippen LogP contribution in [-0.2, 0) is 10.8 Å². The summed E-state index contributed by atoms with van der Waals surface area (Å²) < 4.78 is 12.9. The quantitative estimate of drug-likeness (QED) is 0.847. The summed E-state index contributed by atoms with van der Waals surface area (Å²) in [6.45, 7) is 0. The lowest BCUT2D eigenvalue weighted by atomic mass is 10.4. The maximum Gasteiger partial charge on any atom is 0.0865 e. The summed E-state index contributed by atoms with van der Waals surface area (Å²) in [5.41, 5.74) is 0. The largest absolute Gasteiger partial charge is 0.262 e. The van der Waals surface area contributed by atoms with E-state index in [4.69, 9.17) is 0 Å². The van der Waals surface area contributed by atoms with Gasteiger partial charge in [0.05, 0.1) is 15.7 Å². The van der Waals surface area contributed by atoms with Crippen LogP contribution in [-0.4, -0.2) is 9.19 Å². The molecule has 4 heteroatoms. The van der Waals surface area contributed by atoms with Gasteiger partial charge in [0.2, 0.25) is 0 Å². The average molecular weight is 282 g/mol. The summed E-state index contributed by atoms with van der Waals surface area (Å²) >= 11 is 3.31. The molecular weight excluding hydrogens is 274 g/mol. The third kappa shape index (κ3) is 2.52. The maximum atomic E-state index is 12.0. The van der Waals surface area contributed by atoms with Crippen molar-refractivity contribution in [1.82, 2.24) is 4.98 Å². The first-order chi connectivity index (χ1) is 7.27. The Morgan fingerprint density at radius 3 is 2.47 bits per heavy atom. The van der Waals surface area contributed by atoms with Gasteiger partial charge in [-0.25, -0.2) is 4.21 Å². The molecule has 0 saturated heterocycles. The topological polar surface area (TPSA) is 30.0 Å². The van der Waals surface area contributed by atoms with Crippen LogP contribution in [0.2, 0.25) is 0 Å². The number of hydrogen-bond donors (Lipinski definition) is 0. The fraction of sp³-hybridized carbons (Fsp3) is 0. The number of halogens is 1. The molecule has 1 unspecified atom stereocenters. The molecule has 1 aromatic heterocycles. The fourth-order valence-corrected chi connectivity index (χ4v) is 2.76.